The Labute approximate surface area is 115 Å². The summed E-state index contributed by atoms with van der Waals surface area (Å²) in [7, 11) is 0. The predicted molar refractivity (Wildman–Crippen MR) is 70.2 cm³/mol. The van der Waals surface area contributed by atoms with Gasteiger partial charge < -0.3 is 20.3 Å². The molecule has 0 amide bonds. The molecule has 1 unspecified atom stereocenters. The van der Waals surface area contributed by atoms with Gasteiger partial charge in [0.15, 0.2) is 5.79 Å². The van der Waals surface area contributed by atoms with E-state index in [1.54, 1.807) is 11.3 Å². The van der Waals surface area contributed by atoms with Crippen LogP contribution in [0.5, 0.6) is 0 Å². The number of aliphatic carboxylic acids is 1. The highest BCUT2D eigenvalue weighted by atomic mass is 32.1. The summed E-state index contributed by atoms with van der Waals surface area (Å²) in [6, 6.07) is 1.18. The van der Waals surface area contributed by atoms with E-state index in [9.17, 15) is 4.79 Å². The Morgan fingerprint density at radius 3 is 2.95 bits per heavy atom. The van der Waals surface area contributed by atoms with Crippen LogP contribution in [0.15, 0.2) is 6.07 Å². The van der Waals surface area contributed by atoms with Gasteiger partial charge >= 0.3 is 5.97 Å². The monoisotopic (exact) mass is 283 g/mol. The molecule has 1 spiro atoms. The van der Waals surface area contributed by atoms with E-state index in [0.29, 0.717) is 19.6 Å². The van der Waals surface area contributed by atoms with E-state index >= 15 is 0 Å². The number of thiophene rings is 1. The lowest BCUT2D eigenvalue weighted by Crippen LogP contribution is -2.32. The molecule has 2 aliphatic rings. The van der Waals surface area contributed by atoms with E-state index in [1.165, 1.54) is 4.88 Å². The van der Waals surface area contributed by atoms with Crippen molar-refractivity contribution in [2.75, 3.05) is 13.2 Å². The molecule has 1 fully saturated rings. The second kappa shape index (κ2) is 4.86. The molecule has 5 nitrogen and oxygen atoms in total. The van der Waals surface area contributed by atoms with Crippen molar-refractivity contribution in [3.63, 3.8) is 0 Å². The SMILES string of the molecule is NC(Cc1cc2c(s1)CCCC21OCCO1)C(=O)O. The van der Waals surface area contributed by atoms with E-state index in [2.05, 4.69) is 0 Å². The fourth-order valence-corrected chi connectivity index (χ4v) is 4.09. The molecule has 3 rings (SSSR count). The first-order chi connectivity index (χ1) is 9.11. The number of carbonyl (C=O) groups is 1. The van der Waals surface area contributed by atoms with Crippen LogP contribution >= 0.6 is 11.3 Å². The lowest BCUT2D eigenvalue weighted by atomic mass is 9.92. The van der Waals surface area contributed by atoms with Crippen molar-refractivity contribution in [2.45, 2.75) is 37.5 Å². The second-order valence-electron chi connectivity index (χ2n) is 5.00. The van der Waals surface area contributed by atoms with E-state index in [0.717, 1.165) is 29.7 Å². The highest BCUT2D eigenvalue weighted by molar-refractivity contribution is 7.12. The average Bonchev–Trinajstić information content (AvgIpc) is 2.97. The van der Waals surface area contributed by atoms with Crippen molar-refractivity contribution in [3.8, 4) is 0 Å². The van der Waals surface area contributed by atoms with Gasteiger partial charge in [-0.25, -0.2) is 0 Å². The van der Waals surface area contributed by atoms with Crippen LogP contribution < -0.4 is 5.73 Å². The van der Waals surface area contributed by atoms with Gasteiger partial charge in [0.2, 0.25) is 0 Å². The van der Waals surface area contributed by atoms with Gasteiger partial charge in [0.25, 0.3) is 0 Å². The maximum absolute atomic E-state index is 10.8. The number of aryl methyl sites for hydroxylation is 1. The van der Waals surface area contributed by atoms with Gasteiger partial charge in [-0.1, -0.05) is 0 Å². The van der Waals surface area contributed by atoms with Gasteiger partial charge in [-0.3, -0.25) is 4.79 Å². The summed E-state index contributed by atoms with van der Waals surface area (Å²) < 4.78 is 11.6. The number of carboxylic acids is 1. The van der Waals surface area contributed by atoms with Crippen molar-refractivity contribution in [1.29, 1.82) is 0 Å². The summed E-state index contributed by atoms with van der Waals surface area (Å²) in [6.45, 7) is 1.25. The zero-order chi connectivity index (χ0) is 13.5. The Bertz CT molecular complexity index is 493. The molecule has 1 atom stereocenters. The fraction of sp³-hybridized carbons (Fsp3) is 0.615. The van der Waals surface area contributed by atoms with Gasteiger partial charge in [0, 0.05) is 28.2 Å². The zero-order valence-electron chi connectivity index (χ0n) is 10.6. The molecule has 3 N–H and O–H groups in total. The molecule has 104 valence electrons. The van der Waals surface area contributed by atoms with Crippen LogP contribution in [0.1, 0.15) is 28.2 Å². The minimum atomic E-state index is -0.963. The van der Waals surface area contributed by atoms with Crippen LogP contribution in [-0.2, 0) is 32.9 Å². The number of hydrogen-bond acceptors (Lipinski definition) is 5. The van der Waals surface area contributed by atoms with Crippen LogP contribution in [0, 0.1) is 0 Å². The van der Waals surface area contributed by atoms with Gasteiger partial charge in [-0.05, 0) is 18.9 Å². The first-order valence-electron chi connectivity index (χ1n) is 6.49. The molecule has 6 heteroatoms. The third-order valence-electron chi connectivity index (χ3n) is 3.67. The van der Waals surface area contributed by atoms with Crippen molar-refractivity contribution in [2.24, 2.45) is 5.73 Å². The molecule has 19 heavy (non-hydrogen) atoms. The average molecular weight is 283 g/mol. The minimum Gasteiger partial charge on any atom is -0.480 e. The third-order valence-corrected chi connectivity index (χ3v) is 4.89. The van der Waals surface area contributed by atoms with E-state index < -0.39 is 17.8 Å². The Morgan fingerprint density at radius 1 is 1.53 bits per heavy atom. The summed E-state index contributed by atoms with van der Waals surface area (Å²) in [6.07, 6.45) is 3.29. The topological polar surface area (TPSA) is 81.8 Å². The van der Waals surface area contributed by atoms with Crippen LogP contribution in [0.3, 0.4) is 0 Å². The number of ether oxygens (including phenoxy) is 2. The number of rotatable bonds is 3. The fourth-order valence-electron chi connectivity index (χ4n) is 2.77. The first-order valence-corrected chi connectivity index (χ1v) is 7.31. The molecule has 1 aromatic rings. The normalized spacial score (nSPS) is 22.4. The lowest BCUT2D eigenvalue weighted by molar-refractivity contribution is -0.175. The van der Waals surface area contributed by atoms with Gasteiger partial charge in [-0.15, -0.1) is 11.3 Å². The van der Waals surface area contributed by atoms with Gasteiger partial charge in [0.05, 0.1) is 13.2 Å². The molecule has 1 aliphatic heterocycles. The van der Waals surface area contributed by atoms with Crippen molar-refractivity contribution < 1.29 is 19.4 Å². The largest absolute Gasteiger partial charge is 0.480 e. The smallest absolute Gasteiger partial charge is 0.320 e. The Morgan fingerprint density at radius 2 is 2.26 bits per heavy atom. The van der Waals surface area contributed by atoms with Crippen molar-refractivity contribution >= 4 is 17.3 Å². The molecule has 0 saturated carbocycles. The Balaban J connectivity index is 1.87. The lowest BCUT2D eigenvalue weighted by Gasteiger charge is -2.31. The second-order valence-corrected chi connectivity index (χ2v) is 6.22. The quantitative estimate of drug-likeness (QED) is 0.872. The van der Waals surface area contributed by atoms with Crippen molar-refractivity contribution in [1.82, 2.24) is 0 Å². The number of fused-ring (bicyclic) bond motifs is 2. The number of nitrogens with two attached hydrogens (primary N) is 1. The first kappa shape index (κ1) is 13.1. The maximum Gasteiger partial charge on any atom is 0.320 e. The molecular weight excluding hydrogens is 266 g/mol. The summed E-state index contributed by atoms with van der Waals surface area (Å²) in [5.41, 5.74) is 6.69. The van der Waals surface area contributed by atoms with Crippen molar-refractivity contribution in [3.05, 3.63) is 21.4 Å². The standard InChI is InChI=1S/C13H17NO4S/c14-10(12(15)16)7-8-6-9-11(19-8)2-1-3-13(9)17-4-5-18-13/h6,10H,1-5,7,14H2,(H,15,16). The van der Waals surface area contributed by atoms with E-state index in [4.69, 9.17) is 20.3 Å². The maximum atomic E-state index is 10.8. The Hall–Kier alpha value is -0.950. The summed E-state index contributed by atoms with van der Waals surface area (Å²) in [5.74, 6) is -1.54. The summed E-state index contributed by atoms with van der Waals surface area (Å²) in [5, 5.41) is 8.88. The van der Waals surface area contributed by atoms with Gasteiger partial charge in [0.1, 0.15) is 6.04 Å². The molecule has 2 heterocycles. The molecule has 0 radical (unpaired) electrons. The third kappa shape index (κ3) is 2.29. The minimum absolute atomic E-state index is 0.364. The highest BCUT2D eigenvalue weighted by Crippen LogP contribution is 2.45. The highest BCUT2D eigenvalue weighted by Gasteiger charge is 2.43. The summed E-state index contributed by atoms with van der Waals surface area (Å²) >= 11 is 1.64. The number of carboxylic acid groups (broad SMARTS) is 1. The van der Waals surface area contributed by atoms with Gasteiger partial charge in [-0.2, -0.15) is 0 Å². The molecule has 1 saturated heterocycles. The number of hydrogen-bond donors (Lipinski definition) is 2. The molecular formula is C13H17NO4S. The molecule has 0 bridgehead atoms. The summed E-state index contributed by atoms with van der Waals surface area (Å²) in [4.78, 5) is 13.1. The predicted octanol–water partition coefficient (Wildman–Crippen LogP) is 1.24. The Kier molecular flexibility index (Phi) is 3.34. The molecule has 0 aromatic carbocycles. The van der Waals surface area contributed by atoms with Crippen LogP contribution in [0.4, 0.5) is 0 Å². The van der Waals surface area contributed by atoms with Crippen LogP contribution in [0.25, 0.3) is 0 Å². The van der Waals surface area contributed by atoms with Crippen LogP contribution in [0.2, 0.25) is 0 Å². The molecule has 1 aliphatic carbocycles. The van der Waals surface area contributed by atoms with E-state index in [-0.39, 0.29) is 0 Å². The molecule has 1 aromatic heterocycles. The van der Waals surface area contributed by atoms with Crippen LogP contribution in [-0.4, -0.2) is 30.3 Å². The zero-order valence-corrected chi connectivity index (χ0v) is 11.4. The van der Waals surface area contributed by atoms with E-state index in [1.807, 2.05) is 6.07 Å².